The van der Waals surface area contributed by atoms with Gasteiger partial charge in [0.1, 0.15) is 4.33 Å². The second kappa shape index (κ2) is 2.52. The number of piperidine rings is 1. The lowest BCUT2D eigenvalue weighted by Crippen LogP contribution is -2.37. The van der Waals surface area contributed by atoms with Gasteiger partial charge in [-0.15, -0.1) is 23.2 Å². The van der Waals surface area contributed by atoms with E-state index < -0.39 is 4.33 Å². The molecule has 0 aromatic carbocycles. The largest absolute Gasteiger partial charge is 0.302 e. The van der Waals surface area contributed by atoms with Crippen LogP contribution in [0.15, 0.2) is 0 Å². The third-order valence-corrected chi connectivity index (χ3v) is 4.37. The maximum atomic E-state index is 6.15. The number of hydrogen-bond acceptors (Lipinski definition) is 1. The van der Waals surface area contributed by atoms with Crippen molar-refractivity contribution in [1.82, 2.24) is 4.90 Å². The van der Waals surface area contributed by atoms with E-state index in [-0.39, 0.29) is 0 Å². The van der Waals surface area contributed by atoms with E-state index in [1.54, 1.807) is 0 Å². The molecule has 1 heterocycles. The molecule has 1 saturated heterocycles. The molecule has 0 radical (unpaired) electrons. The Balaban J connectivity index is 2.13. The normalized spacial score (nSPS) is 45.0. The molecule has 70 valence electrons. The predicted molar refractivity (Wildman–Crippen MR) is 52.7 cm³/mol. The van der Waals surface area contributed by atoms with Crippen molar-refractivity contribution >= 4 is 23.2 Å². The molecule has 2 aliphatic rings. The summed E-state index contributed by atoms with van der Waals surface area (Å²) < 4.78 is -0.401. The molecule has 0 bridgehead atoms. The van der Waals surface area contributed by atoms with E-state index in [1.165, 1.54) is 0 Å². The van der Waals surface area contributed by atoms with Crippen LogP contribution in [0.3, 0.4) is 0 Å². The Labute approximate surface area is 84.0 Å². The van der Waals surface area contributed by atoms with E-state index in [4.69, 9.17) is 23.2 Å². The summed E-state index contributed by atoms with van der Waals surface area (Å²) in [4.78, 5) is 2.39. The third kappa shape index (κ3) is 1.03. The van der Waals surface area contributed by atoms with Crippen LogP contribution in [0.4, 0.5) is 0 Å². The summed E-state index contributed by atoms with van der Waals surface area (Å²) in [5.41, 5.74) is 0. The molecule has 0 aromatic heterocycles. The topological polar surface area (TPSA) is 3.24 Å². The molecule has 2 rings (SSSR count). The maximum absolute atomic E-state index is 6.15. The molecule has 2 fully saturated rings. The van der Waals surface area contributed by atoms with Crippen molar-refractivity contribution in [1.29, 1.82) is 0 Å². The molecule has 1 aliphatic carbocycles. The molecule has 1 aliphatic heterocycles. The van der Waals surface area contributed by atoms with Gasteiger partial charge < -0.3 is 4.90 Å². The zero-order valence-electron chi connectivity index (χ0n) is 7.72. The first kappa shape index (κ1) is 9.11. The molecule has 1 saturated carbocycles. The van der Waals surface area contributed by atoms with E-state index in [2.05, 4.69) is 25.8 Å². The van der Waals surface area contributed by atoms with Crippen LogP contribution in [-0.4, -0.2) is 28.9 Å². The Morgan fingerprint density at radius 3 is 2.33 bits per heavy atom. The van der Waals surface area contributed by atoms with Crippen molar-refractivity contribution in [3.63, 3.8) is 0 Å². The zero-order chi connectivity index (χ0) is 9.09. The predicted octanol–water partition coefficient (Wildman–Crippen LogP) is 2.38. The van der Waals surface area contributed by atoms with Crippen LogP contribution >= 0.6 is 23.2 Å². The Morgan fingerprint density at radius 2 is 2.00 bits per heavy atom. The fourth-order valence-electron chi connectivity index (χ4n) is 2.75. The van der Waals surface area contributed by atoms with E-state index >= 15 is 0 Å². The van der Waals surface area contributed by atoms with Crippen molar-refractivity contribution in [2.24, 2.45) is 17.8 Å². The SMILES string of the molecule is CC(C)[C@@H]1C2[C@H](CN1C)C2(Cl)Cl. The molecule has 0 amide bonds. The highest BCUT2D eigenvalue weighted by atomic mass is 35.5. The van der Waals surface area contributed by atoms with Gasteiger partial charge in [0, 0.05) is 24.4 Å². The van der Waals surface area contributed by atoms with Gasteiger partial charge in [0.25, 0.3) is 0 Å². The van der Waals surface area contributed by atoms with Crippen LogP contribution in [0, 0.1) is 17.8 Å². The highest BCUT2D eigenvalue weighted by molar-refractivity contribution is 6.51. The van der Waals surface area contributed by atoms with E-state index in [9.17, 15) is 0 Å². The fraction of sp³-hybridized carbons (Fsp3) is 1.00. The van der Waals surface area contributed by atoms with Crippen LogP contribution < -0.4 is 0 Å². The van der Waals surface area contributed by atoms with Crippen molar-refractivity contribution < 1.29 is 0 Å². The summed E-state index contributed by atoms with van der Waals surface area (Å²) in [6.07, 6.45) is 0. The lowest BCUT2D eigenvalue weighted by Gasteiger charge is -2.28. The molecule has 1 nitrogen and oxygen atoms in total. The van der Waals surface area contributed by atoms with Crippen LogP contribution in [0.1, 0.15) is 13.8 Å². The molecule has 0 aromatic rings. The minimum atomic E-state index is -0.401. The van der Waals surface area contributed by atoms with Crippen LogP contribution in [0.5, 0.6) is 0 Å². The lowest BCUT2D eigenvalue weighted by molar-refractivity contribution is 0.211. The number of alkyl halides is 2. The minimum Gasteiger partial charge on any atom is -0.302 e. The number of likely N-dealkylation sites (tertiary alicyclic amines) is 1. The number of fused-ring (bicyclic) bond motifs is 1. The van der Waals surface area contributed by atoms with Crippen molar-refractivity contribution in [3.8, 4) is 0 Å². The molecule has 3 atom stereocenters. The van der Waals surface area contributed by atoms with E-state index in [0.29, 0.717) is 23.8 Å². The second-order valence-corrected chi connectivity index (χ2v) is 5.93. The quantitative estimate of drug-likeness (QED) is 0.598. The van der Waals surface area contributed by atoms with Crippen LogP contribution in [0.2, 0.25) is 0 Å². The molecular formula is C9H15Cl2N. The number of nitrogens with zero attached hydrogens (tertiary/aromatic N) is 1. The van der Waals surface area contributed by atoms with Crippen molar-refractivity contribution in [2.75, 3.05) is 13.6 Å². The first-order chi connectivity index (χ1) is 5.46. The Morgan fingerprint density at radius 1 is 1.42 bits per heavy atom. The monoisotopic (exact) mass is 207 g/mol. The molecule has 12 heavy (non-hydrogen) atoms. The molecule has 1 unspecified atom stereocenters. The standard InChI is InChI=1S/C9H15Cl2N/c1-5(2)8-7-6(4-12(8)3)9(7,10)11/h5-8H,4H2,1-3H3/t6-,7?,8+/m0/s1. The van der Waals surface area contributed by atoms with Crippen LogP contribution in [0.25, 0.3) is 0 Å². The highest BCUT2D eigenvalue weighted by Crippen LogP contribution is 2.65. The van der Waals surface area contributed by atoms with Gasteiger partial charge in [0.2, 0.25) is 0 Å². The van der Waals surface area contributed by atoms with E-state index in [1.807, 2.05) is 0 Å². The maximum Gasteiger partial charge on any atom is 0.127 e. The van der Waals surface area contributed by atoms with Crippen molar-refractivity contribution in [3.05, 3.63) is 0 Å². The van der Waals surface area contributed by atoms with Gasteiger partial charge in [-0.3, -0.25) is 0 Å². The fourth-order valence-corrected chi connectivity index (χ4v) is 3.59. The summed E-state index contributed by atoms with van der Waals surface area (Å²) in [6, 6.07) is 0.588. The lowest BCUT2D eigenvalue weighted by atomic mass is 10.00. The zero-order valence-corrected chi connectivity index (χ0v) is 9.23. The summed E-state index contributed by atoms with van der Waals surface area (Å²) in [5.74, 6) is 1.70. The summed E-state index contributed by atoms with van der Waals surface area (Å²) in [5, 5.41) is 0. The minimum absolute atomic E-state index is 0.401. The summed E-state index contributed by atoms with van der Waals surface area (Å²) >= 11 is 12.3. The Hall–Kier alpha value is 0.540. The first-order valence-corrected chi connectivity index (χ1v) is 5.30. The van der Waals surface area contributed by atoms with Gasteiger partial charge in [-0.25, -0.2) is 0 Å². The summed E-state index contributed by atoms with van der Waals surface area (Å²) in [6.45, 7) is 5.55. The number of halogens is 2. The number of rotatable bonds is 1. The smallest absolute Gasteiger partial charge is 0.127 e. The molecule has 0 N–H and O–H groups in total. The highest BCUT2D eigenvalue weighted by Gasteiger charge is 2.70. The second-order valence-electron chi connectivity index (χ2n) is 4.48. The average Bonchev–Trinajstić information content (AvgIpc) is 2.40. The van der Waals surface area contributed by atoms with Gasteiger partial charge in [0.05, 0.1) is 0 Å². The molecular weight excluding hydrogens is 193 g/mol. The van der Waals surface area contributed by atoms with E-state index in [0.717, 1.165) is 6.54 Å². The van der Waals surface area contributed by atoms with Gasteiger partial charge in [-0.1, -0.05) is 13.8 Å². The number of hydrogen-bond donors (Lipinski definition) is 0. The third-order valence-electron chi connectivity index (χ3n) is 3.31. The van der Waals surface area contributed by atoms with Crippen LogP contribution in [-0.2, 0) is 0 Å². The average molecular weight is 208 g/mol. The first-order valence-electron chi connectivity index (χ1n) is 4.54. The van der Waals surface area contributed by atoms with Gasteiger partial charge in [-0.05, 0) is 13.0 Å². The molecule has 0 spiro atoms. The Kier molecular flexibility index (Phi) is 1.92. The van der Waals surface area contributed by atoms with Gasteiger partial charge >= 0.3 is 0 Å². The summed E-state index contributed by atoms with van der Waals surface area (Å²) in [7, 11) is 2.17. The van der Waals surface area contributed by atoms with Gasteiger partial charge in [-0.2, -0.15) is 0 Å². The molecule has 3 heteroatoms. The van der Waals surface area contributed by atoms with Gasteiger partial charge in [0.15, 0.2) is 0 Å². The van der Waals surface area contributed by atoms with Crippen molar-refractivity contribution in [2.45, 2.75) is 24.2 Å². The Bertz CT molecular complexity index is 203.